The number of carbonyl (C=O) groups is 1. The van der Waals surface area contributed by atoms with E-state index in [1.54, 1.807) is 7.11 Å². The Balaban J connectivity index is 1.43. The third-order valence-corrected chi connectivity index (χ3v) is 6.71. The van der Waals surface area contributed by atoms with Crippen molar-refractivity contribution < 1.29 is 14.3 Å². The van der Waals surface area contributed by atoms with Gasteiger partial charge in [-0.2, -0.15) is 0 Å². The lowest BCUT2D eigenvalue weighted by molar-refractivity contribution is -0.117. The number of thioether (sulfide) groups is 1. The van der Waals surface area contributed by atoms with Crippen LogP contribution < -0.4 is 9.64 Å². The molecule has 0 N–H and O–H groups in total. The van der Waals surface area contributed by atoms with Gasteiger partial charge in [0.2, 0.25) is 5.91 Å². The maximum atomic E-state index is 13.6. The first-order chi connectivity index (χ1) is 16.3. The zero-order valence-corrected chi connectivity index (χ0v) is 19.2. The second-order valence-electron chi connectivity index (χ2n) is 7.79. The summed E-state index contributed by atoms with van der Waals surface area (Å²) < 4.78 is 13.4. The minimum absolute atomic E-state index is 0.0231. The van der Waals surface area contributed by atoms with E-state index < -0.39 is 0 Å². The number of nitrogens with zero attached hydrogens (tertiary/aromatic N) is 3. The number of para-hydroxylation sites is 4. The molecule has 1 aromatic heterocycles. The maximum absolute atomic E-state index is 13.6. The van der Waals surface area contributed by atoms with Crippen LogP contribution in [0.15, 0.2) is 84.0 Å². The molecule has 0 bridgehead atoms. The van der Waals surface area contributed by atoms with Crippen LogP contribution in [0.3, 0.4) is 0 Å². The molecule has 0 spiro atoms. The molecule has 1 aliphatic rings. The molecule has 5 rings (SSSR count). The number of fused-ring (bicyclic) bond motifs is 2. The van der Waals surface area contributed by atoms with Crippen LogP contribution in [0.5, 0.6) is 5.75 Å². The average molecular weight is 460 g/mol. The van der Waals surface area contributed by atoms with E-state index in [1.165, 1.54) is 11.8 Å². The van der Waals surface area contributed by atoms with Gasteiger partial charge < -0.3 is 14.0 Å². The molecule has 0 aliphatic carbocycles. The van der Waals surface area contributed by atoms with Gasteiger partial charge in [-0.05, 0) is 29.8 Å². The summed E-state index contributed by atoms with van der Waals surface area (Å²) in [6, 6.07) is 25.6. The number of hydrogen-bond donors (Lipinski definition) is 0. The van der Waals surface area contributed by atoms with E-state index in [1.807, 2.05) is 83.8 Å². The normalized spacial score (nSPS) is 15.3. The molecule has 6 nitrogen and oxygen atoms in total. The number of imidazole rings is 1. The van der Waals surface area contributed by atoms with Gasteiger partial charge in [0.15, 0.2) is 5.16 Å². The summed E-state index contributed by atoms with van der Waals surface area (Å²) in [5.74, 6) is 1.03. The van der Waals surface area contributed by atoms with E-state index in [0.717, 1.165) is 33.2 Å². The number of amides is 1. The van der Waals surface area contributed by atoms with Crippen molar-refractivity contribution in [2.45, 2.75) is 17.7 Å². The summed E-state index contributed by atoms with van der Waals surface area (Å²) in [4.78, 5) is 20.3. The Morgan fingerprint density at radius 2 is 1.82 bits per heavy atom. The second kappa shape index (κ2) is 9.68. The standard InChI is InChI=1S/C26H25N3O3S/c1-31-16-15-28-21-12-6-5-11-20(21)27-26(28)33-18-25(30)29-22-13-7-8-14-24(22)32-17-23(29)19-9-3-2-4-10-19/h2-14,23H,15-18H2,1H3. The lowest BCUT2D eigenvalue weighted by Crippen LogP contribution is -2.42. The summed E-state index contributed by atoms with van der Waals surface area (Å²) >= 11 is 1.46. The molecule has 0 saturated heterocycles. The molecule has 1 aliphatic heterocycles. The summed E-state index contributed by atoms with van der Waals surface area (Å²) in [7, 11) is 1.69. The van der Waals surface area contributed by atoms with Crippen LogP contribution in [0, 0.1) is 0 Å². The first-order valence-corrected chi connectivity index (χ1v) is 11.9. The predicted octanol–water partition coefficient (Wildman–Crippen LogP) is 4.94. The average Bonchev–Trinajstić information content (AvgIpc) is 3.23. The zero-order chi connectivity index (χ0) is 22.6. The van der Waals surface area contributed by atoms with E-state index in [2.05, 4.69) is 4.57 Å². The lowest BCUT2D eigenvalue weighted by Gasteiger charge is -2.37. The van der Waals surface area contributed by atoms with E-state index in [9.17, 15) is 4.79 Å². The van der Waals surface area contributed by atoms with Crippen LogP contribution in [0.2, 0.25) is 0 Å². The SMILES string of the molecule is COCCn1c(SCC(=O)N2c3ccccc3OCC2c2ccccc2)nc2ccccc21. The van der Waals surface area contributed by atoms with Crippen LogP contribution in [0.25, 0.3) is 11.0 Å². The van der Waals surface area contributed by atoms with Crippen LogP contribution in [0.4, 0.5) is 5.69 Å². The molecule has 1 atom stereocenters. The van der Waals surface area contributed by atoms with Crippen molar-refractivity contribution in [2.75, 3.05) is 31.0 Å². The summed E-state index contributed by atoms with van der Waals surface area (Å²) in [6.45, 7) is 1.68. The number of carbonyl (C=O) groups excluding carboxylic acids is 1. The third kappa shape index (κ3) is 4.34. The molecule has 2 heterocycles. The van der Waals surface area contributed by atoms with Crippen molar-refractivity contribution in [2.24, 2.45) is 0 Å². The molecular weight excluding hydrogens is 434 g/mol. The number of aromatic nitrogens is 2. The van der Waals surface area contributed by atoms with Gasteiger partial charge in [0, 0.05) is 13.7 Å². The lowest BCUT2D eigenvalue weighted by atomic mass is 10.0. The van der Waals surface area contributed by atoms with Crippen molar-refractivity contribution in [3.05, 3.63) is 84.4 Å². The van der Waals surface area contributed by atoms with Crippen molar-refractivity contribution >= 4 is 34.4 Å². The molecule has 33 heavy (non-hydrogen) atoms. The number of benzene rings is 3. The molecule has 1 unspecified atom stereocenters. The monoisotopic (exact) mass is 459 g/mol. The number of methoxy groups -OCH3 is 1. The first-order valence-electron chi connectivity index (χ1n) is 10.9. The Labute approximate surface area is 197 Å². The highest BCUT2D eigenvalue weighted by atomic mass is 32.2. The van der Waals surface area contributed by atoms with E-state index in [4.69, 9.17) is 14.5 Å². The quantitative estimate of drug-likeness (QED) is 0.366. The Hall–Kier alpha value is -3.29. The molecule has 3 aromatic carbocycles. The number of hydrogen-bond acceptors (Lipinski definition) is 5. The van der Waals surface area contributed by atoms with Crippen LogP contribution >= 0.6 is 11.8 Å². The van der Waals surface area contributed by atoms with Crippen molar-refractivity contribution in [1.82, 2.24) is 9.55 Å². The number of ether oxygens (including phenoxy) is 2. The van der Waals surface area contributed by atoms with Gasteiger partial charge in [0.1, 0.15) is 12.4 Å². The van der Waals surface area contributed by atoms with Gasteiger partial charge >= 0.3 is 0 Å². The predicted molar refractivity (Wildman–Crippen MR) is 131 cm³/mol. The maximum Gasteiger partial charge on any atom is 0.238 e. The van der Waals surface area contributed by atoms with Gasteiger partial charge in [-0.25, -0.2) is 4.98 Å². The van der Waals surface area contributed by atoms with Crippen molar-refractivity contribution in [1.29, 1.82) is 0 Å². The minimum Gasteiger partial charge on any atom is -0.489 e. The smallest absolute Gasteiger partial charge is 0.238 e. The molecule has 4 aromatic rings. The highest BCUT2D eigenvalue weighted by molar-refractivity contribution is 7.99. The Kier molecular flexibility index (Phi) is 6.32. The minimum atomic E-state index is -0.179. The molecular formula is C26H25N3O3S. The van der Waals surface area contributed by atoms with E-state index in [-0.39, 0.29) is 17.7 Å². The fourth-order valence-electron chi connectivity index (χ4n) is 4.18. The van der Waals surface area contributed by atoms with Crippen LogP contribution in [-0.4, -0.2) is 41.5 Å². The molecule has 168 valence electrons. The van der Waals surface area contributed by atoms with Gasteiger partial charge in [-0.3, -0.25) is 9.69 Å². The van der Waals surface area contributed by atoms with E-state index >= 15 is 0 Å². The Morgan fingerprint density at radius 1 is 1.06 bits per heavy atom. The van der Waals surface area contributed by atoms with E-state index in [0.29, 0.717) is 19.8 Å². The van der Waals surface area contributed by atoms with Crippen LogP contribution in [0.1, 0.15) is 11.6 Å². The fraction of sp³-hybridized carbons (Fsp3) is 0.231. The number of rotatable bonds is 7. The van der Waals surface area contributed by atoms with Gasteiger partial charge in [0.05, 0.1) is 35.1 Å². The fourth-order valence-corrected chi connectivity index (χ4v) is 5.08. The second-order valence-corrected chi connectivity index (χ2v) is 8.73. The third-order valence-electron chi connectivity index (χ3n) is 5.75. The van der Waals surface area contributed by atoms with Gasteiger partial charge in [-0.15, -0.1) is 0 Å². The molecule has 1 amide bonds. The molecule has 7 heteroatoms. The Bertz CT molecular complexity index is 1260. The summed E-state index contributed by atoms with van der Waals surface area (Å²) in [6.07, 6.45) is 0. The molecule has 0 fully saturated rings. The first kappa shape index (κ1) is 21.6. The summed E-state index contributed by atoms with van der Waals surface area (Å²) in [5, 5.41) is 0.819. The molecule has 0 saturated carbocycles. The highest BCUT2D eigenvalue weighted by Crippen LogP contribution is 2.40. The Morgan fingerprint density at radius 3 is 2.67 bits per heavy atom. The van der Waals surface area contributed by atoms with Crippen molar-refractivity contribution in [3.8, 4) is 5.75 Å². The summed E-state index contributed by atoms with van der Waals surface area (Å²) in [5.41, 5.74) is 3.82. The van der Waals surface area contributed by atoms with Crippen LogP contribution in [-0.2, 0) is 16.1 Å². The number of anilines is 1. The van der Waals surface area contributed by atoms with Gasteiger partial charge in [-0.1, -0.05) is 66.4 Å². The van der Waals surface area contributed by atoms with Crippen molar-refractivity contribution in [3.63, 3.8) is 0 Å². The van der Waals surface area contributed by atoms with Gasteiger partial charge in [0.25, 0.3) is 0 Å². The highest BCUT2D eigenvalue weighted by Gasteiger charge is 2.33. The molecule has 0 radical (unpaired) electrons. The largest absolute Gasteiger partial charge is 0.489 e. The topological polar surface area (TPSA) is 56.6 Å². The zero-order valence-electron chi connectivity index (χ0n) is 18.4.